The zero-order valence-corrected chi connectivity index (χ0v) is 22.0. The van der Waals surface area contributed by atoms with Crippen LogP contribution in [0, 0.1) is 0 Å². The second kappa shape index (κ2) is 17.9. The molecule has 0 aromatic heterocycles. The van der Waals surface area contributed by atoms with Gasteiger partial charge in [0, 0.05) is 0 Å². The largest absolute Gasteiger partial charge is 1.00 e. The minimum absolute atomic E-state index is 0. The van der Waals surface area contributed by atoms with E-state index in [1.807, 2.05) is 6.92 Å². The van der Waals surface area contributed by atoms with Crippen molar-refractivity contribution in [1.29, 1.82) is 0 Å². The molecule has 0 fully saturated rings. The monoisotopic (exact) mass is 420 g/mol. The Morgan fingerprint density at radius 3 is 1.72 bits per heavy atom. The van der Waals surface area contributed by atoms with Gasteiger partial charge in [-0.1, -0.05) is 71.6 Å². The Bertz CT molecular complexity index is 504. The molecule has 25 heavy (non-hydrogen) atoms. The van der Waals surface area contributed by atoms with E-state index in [1.165, 1.54) is 0 Å². The summed E-state index contributed by atoms with van der Waals surface area (Å²) in [6.45, 7) is 4.09. The molecule has 0 aliphatic heterocycles. The molecule has 0 saturated heterocycles. The molecule has 1 atom stereocenters. The van der Waals surface area contributed by atoms with Crippen molar-refractivity contribution in [3.63, 3.8) is 0 Å². The summed E-state index contributed by atoms with van der Waals surface area (Å²) in [6, 6.07) is 0. The maximum Gasteiger partial charge on any atom is 1.00 e. The van der Waals surface area contributed by atoms with Crippen LogP contribution in [0.15, 0.2) is 0 Å². The average Bonchev–Trinajstić information content (AvgIpc) is 2.44. The molecule has 0 saturated carbocycles. The molecule has 0 spiro atoms. The third-order valence-electron chi connectivity index (χ3n) is 3.69. The van der Waals surface area contributed by atoms with Gasteiger partial charge in [-0.25, -0.2) is 0 Å². The Labute approximate surface area is 201 Å². The second-order valence-electron chi connectivity index (χ2n) is 5.88. The molecule has 0 bridgehead atoms. The average molecular weight is 421 g/mol. The van der Waals surface area contributed by atoms with Crippen molar-refractivity contribution >= 4 is 20.2 Å². The molecule has 0 amide bonds. The quantitative estimate of drug-likeness (QED) is 0.144. The van der Waals surface area contributed by atoms with Gasteiger partial charge in [0.2, 0.25) is 4.58 Å². The van der Waals surface area contributed by atoms with Gasteiger partial charge < -0.3 is 2.85 Å². The van der Waals surface area contributed by atoms with Gasteiger partial charge in [0.05, 0.1) is 6.61 Å². The van der Waals surface area contributed by atoms with Gasteiger partial charge >= 0.3 is 59.1 Å². The summed E-state index contributed by atoms with van der Waals surface area (Å²) < 4.78 is 58.8. The summed E-state index contributed by atoms with van der Waals surface area (Å²) in [5.74, 6) is 0. The van der Waals surface area contributed by atoms with Crippen LogP contribution in [-0.2, 0) is 24.4 Å². The fourth-order valence-corrected chi connectivity index (χ4v) is 5.09. The van der Waals surface area contributed by atoms with Crippen molar-refractivity contribution in [3.05, 3.63) is 0 Å². The van der Waals surface area contributed by atoms with Gasteiger partial charge in [0.1, 0.15) is 0 Å². The fraction of sp³-hybridized carbons (Fsp3) is 1.00. The van der Waals surface area contributed by atoms with Gasteiger partial charge in [0.15, 0.2) is 0 Å². The molecule has 0 heterocycles. The Morgan fingerprint density at radius 2 is 1.24 bits per heavy atom. The Balaban J connectivity index is -0.000000403. The molecule has 0 rings (SSSR count). The number of unbranched alkanes of at least 4 members (excludes halogenated alkanes) is 8. The third-order valence-corrected chi connectivity index (χ3v) is 7.40. The van der Waals surface area contributed by atoms with Crippen LogP contribution < -0.4 is 59.1 Å². The molecule has 144 valence electrons. The first-order valence-electron chi connectivity index (χ1n) is 8.60. The molecule has 0 aliphatic rings. The van der Waals surface area contributed by atoms with E-state index in [-0.39, 0.29) is 75.0 Å². The summed E-state index contributed by atoms with van der Waals surface area (Å²) in [5.41, 5.74) is 0. The number of hydrogen-bond acceptors (Lipinski definition) is 5. The summed E-state index contributed by atoms with van der Waals surface area (Å²) in [4.78, 5) is 0. The van der Waals surface area contributed by atoms with Crippen LogP contribution in [-0.4, -0.2) is 32.6 Å². The van der Waals surface area contributed by atoms with Gasteiger partial charge in [-0.3, -0.25) is 8.74 Å². The van der Waals surface area contributed by atoms with Crippen LogP contribution >= 0.6 is 0 Å². The molecule has 0 aromatic carbocycles. The molecule has 6 nitrogen and oxygen atoms in total. The first kappa shape index (κ1) is 31.5. The zero-order valence-electron chi connectivity index (χ0n) is 18.4. The van der Waals surface area contributed by atoms with Crippen molar-refractivity contribution < 1.29 is 87.5 Å². The van der Waals surface area contributed by atoms with Gasteiger partial charge in [-0.2, -0.15) is 16.8 Å². The van der Waals surface area contributed by atoms with Crippen molar-refractivity contribution in [1.82, 2.24) is 0 Å². The minimum Gasteiger partial charge on any atom is -1.00 e. The maximum absolute atomic E-state index is 12.0. The predicted molar refractivity (Wildman–Crippen MR) is 94.6 cm³/mol. The molecular weight excluding hydrogens is 386 g/mol. The van der Waals surface area contributed by atoms with Crippen LogP contribution in [0.1, 0.15) is 87.3 Å². The van der Waals surface area contributed by atoms with E-state index >= 15 is 0 Å². The normalized spacial score (nSPS) is 12.9. The number of hydrogen-bond donors (Lipinski definition) is 1. The molecular formula is C15H34Na2O6S2. The summed E-state index contributed by atoms with van der Waals surface area (Å²) in [6.07, 6.45) is 8.71. The van der Waals surface area contributed by atoms with E-state index in [0.717, 1.165) is 51.4 Å². The summed E-state index contributed by atoms with van der Waals surface area (Å²) >= 11 is 0. The smallest absolute Gasteiger partial charge is 1.00 e. The van der Waals surface area contributed by atoms with Crippen LogP contribution in [0.3, 0.4) is 0 Å². The van der Waals surface area contributed by atoms with E-state index in [1.54, 1.807) is 0 Å². The van der Waals surface area contributed by atoms with Crippen LogP contribution in [0.4, 0.5) is 0 Å². The van der Waals surface area contributed by atoms with Gasteiger partial charge in [-0.05, 0) is 12.8 Å². The third kappa shape index (κ3) is 16.5. The van der Waals surface area contributed by atoms with E-state index < -0.39 is 24.8 Å². The topological polar surface area (TPSA) is 97.7 Å². The second-order valence-corrected chi connectivity index (χ2v) is 9.56. The first-order chi connectivity index (χ1) is 10.8. The van der Waals surface area contributed by atoms with E-state index in [4.69, 9.17) is 4.18 Å². The number of rotatable bonds is 15. The maximum atomic E-state index is 12.0. The van der Waals surface area contributed by atoms with E-state index in [2.05, 4.69) is 6.92 Å². The first-order valence-corrected chi connectivity index (χ1v) is 11.6. The molecule has 1 unspecified atom stereocenters. The molecule has 10 heteroatoms. The SMILES string of the molecule is CCCCCCCCOS(=O)(=O)C(CCCCCC)S(=O)(=O)O.[H-].[H-].[Na+].[Na+]. The molecule has 0 radical (unpaired) electrons. The Morgan fingerprint density at radius 1 is 0.800 bits per heavy atom. The molecule has 1 N–H and O–H groups in total. The van der Waals surface area contributed by atoms with Gasteiger partial charge in [-0.15, -0.1) is 0 Å². The zero-order chi connectivity index (χ0) is 17.8. The Hall–Kier alpha value is 1.82. The molecule has 0 aliphatic carbocycles. The summed E-state index contributed by atoms with van der Waals surface area (Å²) in [7, 11) is -8.98. The molecule has 0 aromatic rings. The van der Waals surface area contributed by atoms with Crippen molar-refractivity contribution in [3.8, 4) is 0 Å². The standard InChI is InChI=1S/C15H32O6S2.2Na.2H/c1-3-5-7-9-10-12-14-21-23(19,20)15(22(16,17)18)13-11-8-6-4-2;;;;/h15H,3-14H2,1-2H3,(H,16,17,18);;;;/q;2*+1;2*-1. The van der Waals surface area contributed by atoms with Crippen LogP contribution in [0.5, 0.6) is 0 Å². The minimum atomic E-state index is -4.68. The van der Waals surface area contributed by atoms with Gasteiger partial charge in [0.25, 0.3) is 20.2 Å². The van der Waals surface area contributed by atoms with Crippen molar-refractivity contribution in [2.45, 2.75) is 89.1 Å². The van der Waals surface area contributed by atoms with E-state index in [9.17, 15) is 21.4 Å². The predicted octanol–water partition coefficient (Wildman–Crippen LogP) is -1.89. The van der Waals surface area contributed by atoms with Crippen LogP contribution in [0.25, 0.3) is 0 Å². The Kier molecular flexibility index (Phi) is 22.5. The summed E-state index contributed by atoms with van der Waals surface area (Å²) in [5, 5.41) is 0. The van der Waals surface area contributed by atoms with Crippen molar-refractivity contribution in [2.75, 3.05) is 6.61 Å². The van der Waals surface area contributed by atoms with Crippen molar-refractivity contribution in [2.24, 2.45) is 0 Å². The van der Waals surface area contributed by atoms with E-state index in [0.29, 0.717) is 12.8 Å². The fourth-order valence-electron chi connectivity index (χ4n) is 2.31. The van der Waals surface area contributed by atoms with Crippen LogP contribution in [0.2, 0.25) is 0 Å².